The van der Waals surface area contributed by atoms with Crippen LogP contribution in [0.1, 0.15) is 31.2 Å². The first-order chi connectivity index (χ1) is 10.6. The molecule has 0 bridgehead atoms. The minimum atomic E-state index is -0.265. The van der Waals surface area contributed by atoms with Gasteiger partial charge in [0.25, 0.3) is 0 Å². The van der Waals surface area contributed by atoms with Crippen LogP contribution in [0.3, 0.4) is 0 Å². The molecule has 5 heteroatoms. The summed E-state index contributed by atoms with van der Waals surface area (Å²) >= 11 is 6.12. The summed E-state index contributed by atoms with van der Waals surface area (Å²) in [5, 5.41) is 10.5. The SMILES string of the molecule is O=C(Cc1ccccc1Cl)N1CCC2(CC1)CC(O)CCO2. The lowest BCUT2D eigenvalue weighted by atomic mass is 9.83. The molecule has 1 spiro atoms. The molecule has 0 aliphatic carbocycles. The predicted molar refractivity (Wildman–Crippen MR) is 84.9 cm³/mol. The molecule has 2 heterocycles. The third-order valence-corrected chi connectivity index (χ3v) is 5.16. The Morgan fingerprint density at radius 1 is 1.36 bits per heavy atom. The summed E-state index contributed by atoms with van der Waals surface area (Å²) in [6.07, 6.45) is 3.10. The zero-order valence-corrected chi connectivity index (χ0v) is 13.4. The van der Waals surface area contributed by atoms with E-state index in [4.69, 9.17) is 16.3 Å². The maximum absolute atomic E-state index is 12.4. The van der Waals surface area contributed by atoms with Crippen LogP contribution >= 0.6 is 11.6 Å². The number of carbonyl (C=O) groups is 1. The number of ether oxygens (including phenoxy) is 1. The van der Waals surface area contributed by atoms with Gasteiger partial charge in [-0.2, -0.15) is 0 Å². The number of carbonyl (C=O) groups excluding carboxylic acids is 1. The van der Waals surface area contributed by atoms with E-state index in [1.54, 1.807) is 0 Å². The molecule has 0 aromatic heterocycles. The van der Waals surface area contributed by atoms with Gasteiger partial charge in [-0.3, -0.25) is 4.79 Å². The molecule has 2 fully saturated rings. The number of aliphatic hydroxyl groups excluding tert-OH is 1. The van der Waals surface area contributed by atoms with E-state index < -0.39 is 0 Å². The van der Waals surface area contributed by atoms with Crippen LogP contribution in [-0.2, 0) is 16.0 Å². The minimum Gasteiger partial charge on any atom is -0.393 e. The molecular weight excluding hydrogens is 302 g/mol. The van der Waals surface area contributed by atoms with Crippen molar-refractivity contribution in [1.82, 2.24) is 4.90 Å². The molecular formula is C17H22ClNO3. The monoisotopic (exact) mass is 323 g/mol. The molecule has 3 rings (SSSR count). The van der Waals surface area contributed by atoms with Gasteiger partial charge in [-0.25, -0.2) is 0 Å². The van der Waals surface area contributed by atoms with Crippen molar-refractivity contribution >= 4 is 17.5 Å². The van der Waals surface area contributed by atoms with Crippen LogP contribution in [0.15, 0.2) is 24.3 Å². The molecule has 0 saturated carbocycles. The lowest BCUT2D eigenvalue weighted by Crippen LogP contribution is -2.51. The fourth-order valence-corrected chi connectivity index (χ4v) is 3.63. The Morgan fingerprint density at radius 2 is 2.09 bits per heavy atom. The number of hydrogen-bond acceptors (Lipinski definition) is 3. The molecule has 120 valence electrons. The van der Waals surface area contributed by atoms with Crippen molar-refractivity contribution in [2.75, 3.05) is 19.7 Å². The highest BCUT2D eigenvalue weighted by Gasteiger charge is 2.40. The number of nitrogens with zero attached hydrogens (tertiary/aromatic N) is 1. The summed E-state index contributed by atoms with van der Waals surface area (Å²) in [6.45, 7) is 2.00. The fourth-order valence-electron chi connectivity index (χ4n) is 3.43. The summed E-state index contributed by atoms with van der Waals surface area (Å²) < 4.78 is 5.92. The largest absolute Gasteiger partial charge is 0.393 e. The first-order valence-corrected chi connectivity index (χ1v) is 8.29. The highest BCUT2D eigenvalue weighted by Crippen LogP contribution is 2.35. The van der Waals surface area contributed by atoms with Gasteiger partial charge in [-0.1, -0.05) is 29.8 Å². The Labute approximate surface area is 136 Å². The minimum absolute atomic E-state index is 0.110. The molecule has 0 radical (unpaired) electrons. The number of likely N-dealkylation sites (tertiary alicyclic amines) is 1. The first kappa shape index (κ1) is 15.8. The smallest absolute Gasteiger partial charge is 0.227 e. The lowest BCUT2D eigenvalue weighted by Gasteiger charge is -2.45. The topological polar surface area (TPSA) is 49.8 Å². The second-order valence-electron chi connectivity index (χ2n) is 6.33. The van der Waals surface area contributed by atoms with Gasteiger partial charge in [0.15, 0.2) is 0 Å². The number of halogens is 1. The third-order valence-electron chi connectivity index (χ3n) is 4.79. The van der Waals surface area contributed by atoms with Gasteiger partial charge in [0.2, 0.25) is 5.91 Å². The van der Waals surface area contributed by atoms with Gasteiger partial charge < -0.3 is 14.7 Å². The van der Waals surface area contributed by atoms with Gasteiger partial charge in [0.1, 0.15) is 0 Å². The summed E-state index contributed by atoms with van der Waals surface area (Å²) in [4.78, 5) is 14.3. The van der Waals surface area contributed by atoms with Crippen molar-refractivity contribution in [1.29, 1.82) is 0 Å². The van der Waals surface area contributed by atoms with Crippen molar-refractivity contribution in [2.45, 2.75) is 43.8 Å². The highest BCUT2D eigenvalue weighted by atomic mass is 35.5. The molecule has 1 unspecified atom stereocenters. The summed E-state index contributed by atoms with van der Waals surface area (Å²) in [5.41, 5.74) is 0.651. The van der Waals surface area contributed by atoms with E-state index in [0.717, 1.165) is 24.8 Å². The van der Waals surface area contributed by atoms with Gasteiger partial charge in [0.05, 0.1) is 18.1 Å². The van der Waals surface area contributed by atoms with Crippen LogP contribution in [-0.4, -0.2) is 47.3 Å². The Bertz CT molecular complexity index is 540. The Balaban J connectivity index is 1.57. The fraction of sp³-hybridized carbons (Fsp3) is 0.588. The van der Waals surface area contributed by atoms with Gasteiger partial charge in [-0.05, 0) is 30.9 Å². The molecule has 1 aromatic rings. The molecule has 1 N–H and O–H groups in total. The normalized spacial score (nSPS) is 24.5. The lowest BCUT2D eigenvalue weighted by molar-refractivity contribution is -0.153. The van der Waals surface area contributed by atoms with E-state index in [-0.39, 0.29) is 17.6 Å². The van der Waals surface area contributed by atoms with Crippen LogP contribution in [0.2, 0.25) is 5.02 Å². The third kappa shape index (κ3) is 3.45. The van der Waals surface area contributed by atoms with Crippen LogP contribution in [0.5, 0.6) is 0 Å². The second kappa shape index (κ2) is 6.57. The van der Waals surface area contributed by atoms with Crippen LogP contribution in [0.4, 0.5) is 0 Å². The maximum Gasteiger partial charge on any atom is 0.227 e. The highest BCUT2D eigenvalue weighted by molar-refractivity contribution is 6.31. The van der Waals surface area contributed by atoms with Gasteiger partial charge in [-0.15, -0.1) is 0 Å². The Hall–Kier alpha value is -1.10. The molecule has 1 amide bonds. The van der Waals surface area contributed by atoms with E-state index in [2.05, 4.69) is 0 Å². The van der Waals surface area contributed by atoms with E-state index in [1.807, 2.05) is 29.2 Å². The standard InChI is InChI=1S/C17H22ClNO3/c18-15-4-2-1-3-13(15)11-16(21)19-8-6-17(7-9-19)12-14(20)5-10-22-17/h1-4,14,20H,5-12H2. The predicted octanol–water partition coefficient (Wildman–Crippen LogP) is 2.42. The number of amides is 1. The van der Waals surface area contributed by atoms with E-state index in [9.17, 15) is 9.90 Å². The van der Waals surface area contributed by atoms with Crippen LogP contribution < -0.4 is 0 Å². The first-order valence-electron chi connectivity index (χ1n) is 7.91. The van der Waals surface area contributed by atoms with Crippen molar-refractivity contribution in [3.63, 3.8) is 0 Å². The van der Waals surface area contributed by atoms with Crippen LogP contribution in [0, 0.1) is 0 Å². The summed E-state index contributed by atoms with van der Waals surface area (Å²) in [5.74, 6) is 0.110. The van der Waals surface area contributed by atoms with Crippen molar-refractivity contribution in [3.8, 4) is 0 Å². The molecule has 22 heavy (non-hydrogen) atoms. The van der Waals surface area contributed by atoms with Gasteiger partial charge in [0, 0.05) is 31.1 Å². The molecule has 1 aromatic carbocycles. The number of rotatable bonds is 2. The Morgan fingerprint density at radius 3 is 2.77 bits per heavy atom. The average molecular weight is 324 g/mol. The van der Waals surface area contributed by atoms with Crippen molar-refractivity contribution < 1.29 is 14.6 Å². The molecule has 2 aliphatic rings. The zero-order chi connectivity index (χ0) is 15.6. The molecule has 1 atom stereocenters. The maximum atomic E-state index is 12.4. The second-order valence-corrected chi connectivity index (χ2v) is 6.73. The number of aliphatic hydroxyl groups is 1. The summed E-state index contributed by atoms with van der Waals surface area (Å²) in [7, 11) is 0. The van der Waals surface area contributed by atoms with Crippen molar-refractivity contribution in [2.24, 2.45) is 0 Å². The number of benzene rings is 1. The van der Waals surface area contributed by atoms with Crippen LogP contribution in [0.25, 0.3) is 0 Å². The van der Waals surface area contributed by atoms with Gasteiger partial charge >= 0.3 is 0 Å². The van der Waals surface area contributed by atoms with E-state index in [0.29, 0.717) is 37.6 Å². The molecule has 2 aliphatic heterocycles. The van der Waals surface area contributed by atoms with E-state index in [1.165, 1.54) is 0 Å². The number of piperidine rings is 1. The van der Waals surface area contributed by atoms with Crippen molar-refractivity contribution in [3.05, 3.63) is 34.9 Å². The zero-order valence-electron chi connectivity index (χ0n) is 12.6. The quantitative estimate of drug-likeness (QED) is 0.909. The average Bonchev–Trinajstić information content (AvgIpc) is 2.50. The molecule has 4 nitrogen and oxygen atoms in total. The van der Waals surface area contributed by atoms with E-state index >= 15 is 0 Å². The summed E-state index contributed by atoms with van der Waals surface area (Å²) in [6, 6.07) is 7.47. The number of hydrogen-bond donors (Lipinski definition) is 1. The molecule has 2 saturated heterocycles. The Kier molecular flexibility index (Phi) is 4.71.